The van der Waals surface area contributed by atoms with E-state index in [1.807, 2.05) is 0 Å². The average molecular weight is 408 g/mol. The first-order valence-corrected chi connectivity index (χ1v) is 9.99. The van der Waals surface area contributed by atoms with E-state index in [1.54, 1.807) is 18.4 Å². The van der Waals surface area contributed by atoms with Gasteiger partial charge in [0.2, 0.25) is 10.0 Å². The van der Waals surface area contributed by atoms with Crippen molar-refractivity contribution in [1.82, 2.24) is 4.72 Å². The quantitative estimate of drug-likeness (QED) is 0.657. The topological polar surface area (TPSA) is 78.4 Å². The van der Waals surface area contributed by atoms with Gasteiger partial charge in [-0.1, -0.05) is 18.2 Å². The van der Waals surface area contributed by atoms with Crippen molar-refractivity contribution >= 4 is 27.0 Å². The molecule has 3 N–H and O–H groups in total. The maximum atomic E-state index is 12.8. The van der Waals surface area contributed by atoms with Crippen LogP contribution in [-0.2, 0) is 15.6 Å². The normalized spacial score (nSPS) is 16.1. The molecule has 0 saturated heterocycles. The molecule has 144 valence electrons. The second-order valence-electron chi connectivity index (χ2n) is 5.98. The lowest BCUT2D eigenvalue weighted by molar-refractivity contribution is -0.258. The summed E-state index contributed by atoms with van der Waals surface area (Å²) >= 11 is 1.11. The van der Waals surface area contributed by atoms with Gasteiger partial charge in [-0.25, -0.2) is 13.1 Å². The molecular weight excluding hydrogens is 389 g/mol. The van der Waals surface area contributed by atoms with E-state index in [9.17, 15) is 26.7 Å². The molecule has 0 bridgehead atoms. The minimum Gasteiger partial charge on any atom is -0.383 e. The third kappa shape index (κ3) is 4.76. The molecule has 10 heteroatoms. The molecule has 2 rings (SSSR count). The fourth-order valence-corrected chi connectivity index (χ4v) is 4.38. The third-order valence-electron chi connectivity index (χ3n) is 3.73. The number of halogens is 3. The van der Waals surface area contributed by atoms with Gasteiger partial charge in [0.25, 0.3) is 0 Å². The molecule has 1 heterocycles. The summed E-state index contributed by atoms with van der Waals surface area (Å²) < 4.78 is 65.4. The molecule has 1 unspecified atom stereocenters. The standard InChI is InChI=1S/C16H19F3N2O3S2/c1-11(21-26(23,24)14-4-3-9-25-14)10-20-13-7-5-12(6-8-13)15(2,22)16(17,18)19/h3-9,11,20-22H,10H2,1-2H3/t11-,15?/m1/s1. The molecule has 26 heavy (non-hydrogen) atoms. The lowest BCUT2D eigenvalue weighted by Gasteiger charge is -2.26. The van der Waals surface area contributed by atoms with Crippen LogP contribution in [0.4, 0.5) is 18.9 Å². The summed E-state index contributed by atoms with van der Waals surface area (Å²) in [5, 5.41) is 14.2. The molecule has 1 aromatic carbocycles. The first-order valence-electron chi connectivity index (χ1n) is 7.63. The Morgan fingerprint density at radius 2 is 1.81 bits per heavy atom. The Morgan fingerprint density at radius 1 is 1.19 bits per heavy atom. The van der Waals surface area contributed by atoms with Gasteiger partial charge in [-0.15, -0.1) is 11.3 Å². The highest BCUT2D eigenvalue weighted by Crippen LogP contribution is 2.38. The molecule has 0 saturated carbocycles. The van der Waals surface area contributed by atoms with Gasteiger partial charge in [0.05, 0.1) is 0 Å². The monoisotopic (exact) mass is 408 g/mol. The molecule has 0 spiro atoms. The van der Waals surface area contributed by atoms with Gasteiger partial charge in [0.1, 0.15) is 4.21 Å². The van der Waals surface area contributed by atoms with Crippen LogP contribution in [-0.4, -0.2) is 32.3 Å². The van der Waals surface area contributed by atoms with Crippen LogP contribution in [0.1, 0.15) is 19.4 Å². The average Bonchev–Trinajstić information content (AvgIpc) is 3.07. The number of thiophene rings is 1. The second kappa shape index (κ2) is 7.55. The van der Waals surface area contributed by atoms with Crippen LogP contribution in [0.3, 0.4) is 0 Å². The molecule has 2 atom stereocenters. The Bertz CT molecular complexity index is 817. The third-order valence-corrected chi connectivity index (χ3v) is 6.71. The summed E-state index contributed by atoms with van der Waals surface area (Å²) in [6, 6.07) is 7.84. The van der Waals surface area contributed by atoms with Crippen LogP contribution in [0.15, 0.2) is 46.0 Å². The summed E-state index contributed by atoms with van der Waals surface area (Å²) in [5.41, 5.74) is -2.70. The first kappa shape index (κ1) is 20.7. The summed E-state index contributed by atoms with van der Waals surface area (Å²) in [5.74, 6) is 0. The van der Waals surface area contributed by atoms with Crippen LogP contribution >= 0.6 is 11.3 Å². The molecule has 1 aromatic heterocycles. The molecule has 2 aromatic rings. The van der Waals surface area contributed by atoms with E-state index in [1.165, 1.54) is 30.3 Å². The second-order valence-corrected chi connectivity index (χ2v) is 8.87. The number of sulfonamides is 1. The molecule has 0 aliphatic rings. The summed E-state index contributed by atoms with van der Waals surface area (Å²) in [4.78, 5) is 0. The maximum Gasteiger partial charge on any atom is 0.421 e. The maximum absolute atomic E-state index is 12.8. The molecule has 0 amide bonds. The zero-order valence-electron chi connectivity index (χ0n) is 14.0. The lowest BCUT2D eigenvalue weighted by atomic mass is 9.95. The number of hydrogen-bond donors (Lipinski definition) is 3. The molecule has 0 aliphatic carbocycles. The van der Waals surface area contributed by atoms with Crippen LogP contribution in [0.5, 0.6) is 0 Å². The van der Waals surface area contributed by atoms with Gasteiger partial charge in [-0.05, 0) is 43.0 Å². The first-order chi connectivity index (χ1) is 11.9. The van der Waals surface area contributed by atoms with Crippen LogP contribution in [0, 0.1) is 0 Å². The van der Waals surface area contributed by atoms with Gasteiger partial charge in [-0.2, -0.15) is 13.2 Å². The van der Waals surface area contributed by atoms with E-state index in [2.05, 4.69) is 10.0 Å². The minimum atomic E-state index is -4.78. The van der Waals surface area contributed by atoms with E-state index in [0.29, 0.717) is 12.6 Å². The van der Waals surface area contributed by atoms with Crippen LogP contribution in [0.25, 0.3) is 0 Å². The fraction of sp³-hybridized carbons (Fsp3) is 0.375. The van der Waals surface area contributed by atoms with Gasteiger partial charge in [-0.3, -0.25) is 0 Å². The number of alkyl halides is 3. The van der Waals surface area contributed by atoms with Gasteiger partial charge in [0, 0.05) is 18.3 Å². The fourth-order valence-electron chi connectivity index (χ4n) is 2.13. The molecule has 0 fully saturated rings. The Morgan fingerprint density at radius 3 is 2.31 bits per heavy atom. The molecule has 0 aliphatic heterocycles. The Balaban J connectivity index is 1.96. The lowest BCUT2D eigenvalue weighted by Crippen LogP contribution is -2.39. The van der Waals surface area contributed by atoms with Crippen molar-refractivity contribution in [1.29, 1.82) is 0 Å². The van der Waals surface area contributed by atoms with E-state index in [4.69, 9.17) is 0 Å². The number of nitrogens with one attached hydrogen (secondary N) is 2. The van der Waals surface area contributed by atoms with Gasteiger partial charge >= 0.3 is 6.18 Å². The number of anilines is 1. The summed E-state index contributed by atoms with van der Waals surface area (Å²) in [6.07, 6.45) is -4.78. The van der Waals surface area contributed by atoms with E-state index < -0.39 is 27.8 Å². The van der Waals surface area contributed by atoms with Crippen molar-refractivity contribution in [3.05, 3.63) is 47.3 Å². The number of hydrogen-bond acceptors (Lipinski definition) is 5. The van der Waals surface area contributed by atoms with Crippen molar-refractivity contribution in [2.75, 3.05) is 11.9 Å². The highest BCUT2D eigenvalue weighted by Gasteiger charge is 2.51. The largest absolute Gasteiger partial charge is 0.421 e. The summed E-state index contributed by atoms with van der Waals surface area (Å²) in [6.45, 7) is 2.59. The highest BCUT2D eigenvalue weighted by atomic mass is 32.2. The van der Waals surface area contributed by atoms with Gasteiger partial charge < -0.3 is 10.4 Å². The van der Waals surface area contributed by atoms with E-state index >= 15 is 0 Å². The van der Waals surface area contributed by atoms with E-state index in [-0.39, 0.29) is 16.3 Å². The van der Waals surface area contributed by atoms with Crippen LogP contribution < -0.4 is 10.0 Å². The Labute approximate surface area is 153 Å². The van der Waals surface area contributed by atoms with E-state index in [0.717, 1.165) is 11.3 Å². The summed E-state index contributed by atoms with van der Waals surface area (Å²) in [7, 11) is -3.59. The van der Waals surface area contributed by atoms with Crippen LogP contribution in [0.2, 0.25) is 0 Å². The highest BCUT2D eigenvalue weighted by molar-refractivity contribution is 7.91. The van der Waals surface area contributed by atoms with Crippen molar-refractivity contribution in [3.63, 3.8) is 0 Å². The molecule has 0 radical (unpaired) electrons. The molecular formula is C16H19F3N2O3S2. The number of aliphatic hydroxyl groups is 1. The SMILES string of the molecule is C[C@H](CNc1ccc(C(C)(O)C(F)(F)F)cc1)NS(=O)(=O)c1cccs1. The molecule has 5 nitrogen and oxygen atoms in total. The van der Waals surface area contributed by atoms with Gasteiger partial charge in [0.15, 0.2) is 5.60 Å². The van der Waals surface area contributed by atoms with Crippen molar-refractivity contribution in [2.24, 2.45) is 0 Å². The smallest absolute Gasteiger partial charge is 0.383 e. The minimum absolute atomic E-state index is 0.211. The zero-order valence-corrected chi connectivity index (χ0v) is 15.7. The number of benzene rings is 1. The zero-order chi connectivity index (χ0) is 19.6. The number of rotatable bonds is 7. The Hall–Kier alpha value is -1.62. The Kier molecular flexibility index (Phi) is 6.01. The van der Waals surface area contributed by atoms with Crippen molar-refractivity contribution in [3.8, 4) is 0 Å². The van der Waals surface area contributed by atoms with Crippen molar-refractivity contribution < 1.29 is 26.7 Å². The predicted molar refractivity (Wildman–Crippen MR) is 94.7 cm³/mol. The van der Waals surface area contributed by atoms with Crippen molar-refractivity contribution in [2.45, 2.75) is 35.9 Å². The predicted octanol–water partition coefficient (Wildman–Crippen LogP) is 3.30.